The molecular formula is C13H12BrN3S. The van der Waals surface area contributed by atoms with Crippen LogP contribution in [0, 0.1) is 11.3 Å². The Kier molecular flexibility index (Phi) is 3.90. The zero-order chi connectivity index (χ0) is 13.1. The van der Waals surface area contributed by atoms with Crippen molar-refractivity contribution in [2.45, 2.75) is 6.54 Å². The molecule has 0 saturated heterocycles. The van der Waals surface area contributed by atoms with E-state index in [2.05, 4.69) is 38.3 Å². The highest BCUT2D eigenvalue weighted by Gasteiger charge is 2.06. The number of benzene rings is 1. The Morgan fingerprint density at radius 1 is 1.44 bits per heavy atom. The topological polar surface area (TPSA) is 53.0 Å². The van der Waals surface area contributed by atoms with Crippen LogP contribution in [0.5, 0.6) is 0 Å². The summed E-state index contributed by atoms with van der Waals surface area (Å²) in [7, 11) is 2.01. The Balaban J connectivity index is 2.16. The first-order valence-corrected chi connectivity index (χ1v) is 7.01. The lowest BCUT2D eigenvalue weighted by Gasteiger charge is -2.19. The maximum absolute atomic E-state index is 8.84. The molecule has 92 valence electrons. The van der Waals surface area contributed by atoms with Gasteiger partial charge in [-0.3, -0.25) is 0 Å². The maximum Gasteiger partial charge on any atom is 0.101 e. The van der Waals surface area contributed by atoms with E-state index in [0.717, 1.165) is 16.7 Å². The van der Waals surface area contributed by atoms with E-state index >= 15 is 0 Å². The Bertz CT molecular complexity index is 601. The fraction of sp³-hybridized carbons (Fsp3) is 0.154. The number of nitrogens with zero attached hydrogens (tertiary/aromatic N) is 2. The largest absolute Gasteiger partial charge is 0.398 e. The van der Waals surface area contributed by atoms with Gasteiger partial charge in [0.25, 0.3) is 0 Å². The van der Waals surface area contributed by atoms with Gasteiger partial charge in [0.2, 0.25) is 0 Å². The summed E-state index contributed by atoms with van der Waals surface area (Å²) in [6.07, 6.45) is 0. The molecule has 0 spiro atoms. The quantitative estimate of drug-likeness (QED) is 0.879. The summed E-state index contributed by atoms with van der Waals surface area (Å²) >= 11 is 5.16. The van der Waals surface area contributed by atoms with Gasteiger partial charge in [-0.2, -0.15) is 5.26 Å². The second kappa shape index (κ2) is 5.42. The smallest absolute Gasteiger partial charge is 0.101 e. The summed E-state index contributed by atoms with van der Waals surface area (Å²) in [6.45, 7) is 0.821. The zero-order valence-electron chi connectivity index (χ0n) is 9.85. The number of halogens is 1. The van der Waals surface area contributed by atoms with Crippen molar-refractivity contribution in [3.05, 3.63) is 44.6 Å². The molecule has 2 rings (SSSR count). The van der Waals surface area contributed by atoms with Crippen LogP contribution in [0.25, 0.3) is 0 Å². The minimum atomic E-state index is 0.519. The Labute approximate surface area is 119 Å². The molecule has 0 saturated carbocycles. The van der Waals surface area contributed by atoms with E-state index in [1.807, 2.05) is 19.2 Å². The molecule has 3 nitrogen and oxygen atoms in total. The van der Waals surface area contributed by atoms with Crippen LogP contribution in [0.3, 0.4) is 0 Å². The molecule has 0 unspecified atom stereocenters. The van der Waals surface area contributed by atoms with E-state index in [-0.39, 0.29) is 0 Å². The third kappa shape index (κ3) is 2.84. The molecule has 1 heterocycles. The van der Waals surface area contributed by atoms with E-state index in [1.54, 1.807) is 17.4 Å². The second-order valence-electron chi connectivity index (χ2n) is 3.97. The van der Waals surface area contributed by atoms with Crippen LogP contribution in [0.1, 0.15) is 10.4 Å². The van der Waals surface area contributed by atoms with Gasteiger partial charge in [-0.1, -0.05) is 0 Å². The van der Waals surface area contributed by atoms with Gasteiger partial charge in [-0.25, -0.2) is 0 Å². The van der Waals surface area contributed by atoms with Gasteiger partial charge in [-0.05, 0) is 40.2 Å². The Morgan fingerprint density at radius 3 is 2.78 bits per heavy atom. The molecule has 2 aromatic rings. The van der Waals surface area contributed by atoms with E-state index in [4.69, 9.17) is 11.0 Å². The minimum Gasteiger partial charge on any atom is -0.398 e. The molecule has 0 fully saturated rings. The summed E-state index contributed by atoms with van der Waals surface area (Å²) in [5.74, 6) is 0. The third-order valence-corrected chi connectivity index (χ3v) is 4.29. The van der Waals surface area contributed by atoms with Crippen molar-refractivity contribution in [1.29, 1.82) is 5.26 Å². The second-order valence-corrected chi connectivity index (χ2v) is 5.88. The fourth-order valence-electron chi connectivity index (χ4n) is 1.65. The molecule has 0 aliphatic heterocycles. The van der Waals surface area contributed by atoms with Gasteiger partial charge in [0.15, 0.2) is 0 Å². The first-order valence-electron chi connectivity index (χ1n) is 5.34. The van der Waals surface area contributed by atoms with Gasteiger partial charge in [0, 0.05) is 27.5 Å². The van der Waals surface area contributed by atoms with Crippen LogP contribution < -0.4 is 10.6 Å². The van der Waals surface area contributed by atoms with E-state index in [1.165, 1.54) is 4.88 Å². The number of nitriles is 1. The van der Waals surface area contributed by atoms with Crippen molar-refractivity contribution < 1.29 is 0 Å². The predicted octanol–water partition coefficient (Wildman–Crippen LogP) is 3.60. The summed E-state index contributed by atoms with van der Waals surface area (Å²) < 4.78 is 1.11. The van der Waals surface area contributed by atoms with Gasteiger partial charge in [0.1, 0.15) is 6.07 Å². The van der Waals surface area contributed by atoms with Crippen LogP contribution in [0.15, 0.2) is 34.1 Å². The average Bonchev–Trinajstić information content (AvgIpc) is 2.74. The summed E-state index contributed by atoms with van der Waals surface area (Å²) in [4.78, 5) is 3.38. The molecule has 0 aliphatic carbocycles. The highest BCUT2D eigenvalue weighted by molar-refractivity contribution is 9.10. The maximum atomic E-state index is 8.84. The van der Waals surface area contributed by atoms with Crippen molar-refractivity contribution in [2.24, 2.45) is 0 Å². The lowest BCUT2D eigenvalue weighted by Crippen LogP contribution is -2.15. The van der Waals surface area contributed by atoms with Crippen LogP contribution in [-0.2, 0) is 6.54 Å². The highest BCUT2D eigenvalue weighted by Crippen LogP contribution is 2.25. The lowest BCUT2D eigenvalue weighted by atomic mass is 10.1. The molecule has 2 N–H and O–H groups in total. The molecule has 0 atom stereocenters. The van der Waals surface area contributed by atoms with Crippen LogP contribution in [0.4, 0.5) is 11.4 Å². The lowest BCUT2D eigenvalue weighted by molar-refractivity contribution is 0.940. The number of anilines is 2. The number of hydrogen-bond donors (Lipinski definition) is 1. The van der Waals surface area contributed by atoms with Gasteiger partial charge in [-0.15, -0.1) is 11.3 Å². The molecule has 0 aliphatic rings. The summed E-state index contributed by atoms with van der Waals surface area (Å²) in [5.41, 5.74) is 7.87. The van der Waals surface area contributed by atoms with E-state index < -0.39 is 0 Å². The normalized spacial score (nSPS) is 10.1. The molecule has 0 amide bonds. The highest BCUT2D eigenvalue weighted by atomic mass is 79.9. The van der Waals surface area contributed by atoms with Crippen LogP contribution in [-0.4, -0.2) is 7.05 Å². The van der Waals surface area contributed by atoms with Crippen molar-refractivity contribution in [3.63, 3.8) is 0 Å². The SMILES string of the molecule is CN(Cc1cc(Br)cs1)c1ccc(C#N)c(N)c1. The van der Waals surface area contributed by atoms with Crippen molar-refractivity contribution in [2.75, 3.05) is 17.7 Å². The number of nitrogens with two attached hydrogens (primary N) is 1. The van der Waals surface area contributed by atoms with E-state index in [9.17, 15) is 0 Å². The first-order chi connectivity index (χ1) is 8.60. The van der Waals surface area contributed by atoms with Crippen molar-refractivity contribution in [1.82, 2.24) is 0 Å². The Hall–Kier alpha value is -1.51. The predicted molar refractivity (Wildman–Crippen MR) is 79.7 cm³/mol. The van der Waals surface area contributed by atoms with Gasteiger partial charge in [0.05, 0.1) is 17.8 Å². The van der Waals surface area contributed by atoms with E-state index in [0.29, 0.717) is 11.3 Å². The minimum absolute atomic E-state index is 0.519. The van der Waals surface area contributed by atoms with Crippen molar-refractivity contribution >= 4 is 38.6 Å². The zero-order valence-corrected chi connectivity index (χ0v) is 12.3. The number of thiophene rings is 1. The summed E-state index contributed by atoms with van der Waals surface area (Å²) in [6, 6.07) is 9.68. The fourth-order valence-corrected chi connectivity index (χ4v) is 3.15. The van der Waals surface area contributed by atoms with Crippen LogP contribution in [0.2, 0.25) is 0 Å². The number of nitrogen functional groups attached to an aromatic ring is 1. The Morgan fingerprint density at radius 2 is 2.22 bits per heavy atom. The third-order valence-electron chi connectivity index (χ3n) is 2.61. The average molecular weight is 322 g/mol. The standard InChI is InChI=1S/C13H12BrN3S/c1-17(7-12-4-10(14)8-18-12)11-3-2-9(6-15)13(16)5-11/h2-5,8H,7,16H2,1H3. The number of rotatable bonds is 3. The van der Waals surface area contributed by atoms with Crippen LogP contribution >= 0.6 is 27.3 Å². The molecule has 0 radical (unpaired) electrons. The molecule has 18 heavy (non-hydrogen) atoms. The first kappa shape index (κ1) is 12.9. The molecule has 1 aromatic carbocycles. The molecular weight excluding hydrogens is 310 g/mol. The van der Waals surface area contributed by atoms with Gasteiger partial charge < -0.3 is 10.6 Å². The molecule has 1 aromatic heterocycles. The summed E-state index contributed by atoms with van der Waals surface area (Å²) in [5, 5.41) is 10.9. The van der Waals surface area contributed by atoms with Gasteiger partial charge >= 0.3 is 0 Å². The van der Waals surface area contributed by atoms with Crippen molar-refractivity contribution in [3.8, 4) is 6.07 Å². The molecule has 0 bridgehead atoms. The monoisotopic (exact) mass is 321 g/mol. The number of hydrogen-bond acceptors (Lipinski definition) is 4. The molecule has 5 heteroatoms.